The molecule has 1 amide bonds. The molecular weight excluding hydrogens is 218 g/mol. The number of ether oxygens (including phenoxy) is 2. The molecule has 4 nitrogen and oxygen atoms in total. The molecule has 102 valence electrons. The van der Waals surface area contributed by atoms with E-state index in [1.807, 2.05) is 27.7 Å². The zero-order valence-electron chi connectivity index (χ0n) is 11.6. The van der Waals surface area contributed by atoms with Crippen LogP contribution in [0.3, 0.4) is 0 Å². The highest BCUT2D eigenvalue weighted by atomic mass is 16.5. The topological polar surface area (TPSA) is 47.6 Å². The quantitative estimate of drug-likeness (QED) is 0.599. The molecule has 0 radical (unpaired) electrons. The molecule has 0 aliphatic heterocycles. The van der Waals surface area contributed by atoms with E-state index in [9.17, 15) is 4.79 Å². The van der Waals surface area contributed by atoms with Crippen molar-refractivity contribution in [3.05, 3.63) is 0 Å². The molecule has 0 aromatic carbocycles. The van der Waals surface area contributed by atoms with Crippen LogP contribution in [-0.4, -0.2) is 38.4 Å². The predicted octanol–water partition coefficient (Wildman–Crippen LogP) is 1.98. The maximum Gasteiger partial charge on any atom is 0.220 e. The van der Waals surface area contributed by atoms with Gasteiger partial charge in [-0.2, -0.15) is 0 Å². The summed E-state index contributed by atoms with van der Waals surface area (Å²) in [6, 6.07) is 0. The Bertz CT molecular complexity index is 193. The minimum Gasteiger partial charge on any atom is -0.379 e. The number of amides is 1. The SMILES string of the molecule is CC(C)CC(=O)NCCCOCCOC(C)C. The Morgan fingerprint density at radius 3 is 2.41 bits per heavy atom. The molecule has 4 heteroatoms. The second-order valence-corrected chi connectivity index (χ2v) is 4.83. The molecule has 0 aliphatic rings. The van der Waals surface area contributed by atoms with Crippen LogP contribution in [0.2, 0.25) is 0 Å². The largest absolute Gasteiger partial charge is 0.379 e. The highest BCUT2D eigenvalue weighted by molar-refractivity contribution is 5.75. The van der Waals surface area contributed by atoms with Gasteiger partial charge in [-0.3, -0.25) is 4.79 Å². The van der Waals surface area contributed by atoms with E-state index in [1.165, 1.54) is 0 Å². The minimum atomic E-state index is 0.128. The van der Waals surface area contributed by atoms with E-state index >= 15 is 0 Å². The fraction of sp³-hybridized carbons (Fsp3) is 0.923. The number of nitrogens with one attached hydrogen (secondary N) is 1. The first-order chi connectivity index (χ1) is 8.02. The fourth-order valence-electron chi connectivity index (χ4n) is 1.29. The van der Waals surface area contributed by atoms with Gasteiger partial charge in [0.1, 0.15) is 0 Å². The van der Waals surface area contributed by atoms with Crippen LogP contribution in [0.1, 0.15) is 40.5 Å². The summed E-state index contributed by atoms with van der Waals surface area (Å²) in [6.45, 7) is 10.7. The van der Waals surface area contributed by atoms with Gasteiger partial charge in [-0.25, -0.2) is 0 Å². The molecule has 0 saturated carbocycles. The highest BCUT2D eigenvalue weighted by Crippen LogP contribution is 1.97. The van der Waals surface area contributed by atoms with Crippen LogP contribution < -0.4 is 5.32 Å². The van der Waals surface area contributed by atoms with Gasteiger partial charge in [0.2, 0.25) is 5.91 Å². The normalized spacial score (nSPS) is 11.2. The van der Waals surface area contributed by atoms with Gasteiger partial charge in [0.15, 0.2) is 0 Å². The number of hydrogen-bond donors (Lipinski definition) is 1. The van der Waals surface area contributed by atoms with Gasteiger partial charge >= 0.3 is 0 Å². The molecule has 0 aliphatic carbocycles. The van der Waals surface area contributed by atoms with Crippen LogP contribution in [0.4, 0.5) is 0 Å². The Labute approximate surface area is 105 Å². The summed E-state index contributed by atoms with van der Waals surface area (Å²) in [5.41, 5.74) is 0. The molecule has 0 atom stereocenters. The standard InChI is InChI=1S/C13H27NO3/c1-11(2)10-13(15)14-6-5-7-16-8-9-17-12(3)4/h11-12H,5-10H2,1-4H3,(H,14,15). The van der Waals surface area contributed by atoms with Gasteiger partial charge in [0.25, 0.3) is 0 Å². The Kier molecular flexibility index (Phi) is 10.2. The van der Waals surface area contributed by atoms with Crippen molar-refractivity contribution in [3.8, 4) is 0 Å². The molecule has 0 unspecified atom stereocenters. The molecular formula is C13H27NO3. The lowest BCUT2D eigenvalue weighted by molar-refractivity contribution is -0.121. The molecule has 1 N–H and O–H groups in total. The average Bonchev–Trinajstić information content (AvgIpc) is 2.20. The second-order valence-electron chi connectivity index (χ2n) is 4.83. The molecule has 0 aromatic heterocycles. The zero-order chi connectivity index (χ0) is 13.1. The van der Waals surface area contributed by atoms with Crippen molar-refractivity contribution in [2.24, 2.45) is 5.92 Å². The Morgan fingerprint density at radius 1 is 1.12 bits per heavy atom. The molecule has 0 saturated heterocycles. The van der Waals surface area contributed by atoms with Gasteiger partial charge < -0.3 is 14.8 Å². The van der Waals surface area contributed by atoms with Crippen LogP contribution in [0.15, 0.2) is 0 Å². The van der Waals surface area contributed by atoms with Gasteiger partial charge in [0.05, 0.1) is 19.3 Å². The van der Waals surface area contributed by atoms with Crippen LogP contribution >= 0.6 is 0 Å². The van der Waals surface area contributed by atoms with Gasteiger partial charge in [-0.05, 0) is 26.2 Å². The van der Waals surface area contributed by atoms with Crippen LogP contribution in [0.25, 0.3) is 0 Å². The van der Waals surface area contributed by atoms with E-state index in [1.54, 1.807) is 0 Å². The van der Waals surface area contributed by atoms with Crippen LogP contribution in [0.5, 0.6) is 0 Å². The third-order valence-electron chi connectivity index (χ3n) is 2.06. The second kappa shape index (κ2) is 10.5. The van der Waals surface area contributed by atoms with Crippen molar-refractivity contribution >= 4 is 5.91 Å². The Morgan fingerprint density at radius 2 is 1.82 bits per heavy atom. The number of hydrogen-bond acceptors (Lipinski definition) is 3. The predicted molar refractivity (Wildman–Crippen MR) is 69.0 cm³/mol. The first-order valence-corrected chi connectivity index (χ1v) is 6.48. The summed E-state index contributed by atoms with van der Waals surface area (Å²) in [5, 5.41) is 2.87. The third-order valence-corrected chi connectivity index (χ3v) is 2.06. The summed E-state index contributed by atoms with van der Waals surface area (Å²) >= 11 is 0. The first-order valence-electron chi connectivity index (χ1n) is 6.48. The monoisotopic (exact) mass is 245 g/mol. The number of rotatable bonds is 10. The summed E-state index contributed by atoms with van der Waals surface area (Å²) < 4.78 is 10.7. The molecule has 0 rings (SSSR count). The van der Waals surface area contributed by atoms with Crippen molar-refractivity contribution in [3.63, 3.8) is 0 Å². The zero-order valence-corrected chi connectivity index (χ0v) is 11.6. The molecule has 0 bridgehead atoms. The Hall–Kier alpha value is -0.610. The molecule has 0 spiro atoms. The summed E-state index contributed by atoms with van der Waals surface area (Å²) in [6.07, 6.45) is 1.71. The number of carbonyl (C=O) groups excluding carboxylic acids is 1. The minimum absolute atomic E-state index is 0.128. The highest BCUT2D eigenvalue weighted by Gasteiger charge is 2.03. The molecule has 0 heterocycles. The van der Waals surface area contributed by atoms with E-state index < -0.39 is 0 Å². The van der Waals surface area contributed by atoms with Gasteiger partial charge in [-0.1, -0.05) is 13.8 Å². The average molecular weight is 245 g/mol. The lowest BCUT2D eigenvalue weighted by Gasteiger charge is -2.09. The van der Waals surface area contributed by atoms with Crippen LogP contribution in [0, 0.1) is 5.92 Å². The third kappa shape index (κ3) is 13.3. The van der Waals surface area contributed by atoms with Crippen molar-refractivity contribution < 1.29 is 14.3 Å². The fourth-order valence-corrected chi connectivity index (χ4v) is 1.29. The molecule has 0 aromatic rings. The maximum absolute atomic E-state index is 11.3. The number of carbonyl (C=O) groups is 1. The van der Waals surface area contributed by atoms with E-state index in [-0.39, 0.29) is 12.0 Å². The molecule has 0 fully saturated rings. The maximum atomic E-state index is 11.3. The summed E-state index contributed by atoms with van der Waals surface area (Å²) in [5.74, 6) is 0.544. The van der Waals surface area contributed by atoms with E-state index in [0.29, 0.717) is 38.7 Å². The van der Waals surface area contributed by atoms with Gasteiger partial charge in [0, 0.05) is 19.6 Å². The van der Waals surface area contributed by atoms with Crippen LogP contribution in [-0.2, 0) is 14.3 Å². The Balaban J connectivity index is 3.16. The lowest BCUT2D eigenvalue weighted by Crippen LogP contribution is -2.26. The smallest absolute Gasteiger partial charge is 0.220 e. The van der Waals surface area contributed by atoms with E-state index in [2.05, 4.69) is 5.32 Å². The van der Waals surface area contributed by atoms with E-state index in [4.69, 9.17) is 9.47 Å². The van der Waals surface area contributed by atoms with Crippen molar-refractivity contribution in [2.45, 2.75) is 46.6 Å². The van der Waals surface area contributed by atoms with Crippen molar-refractivity contribution in [2.75, 3.05) is 26.4 Å². The summed E-state index contributed by atoms with van der Waals surface area (Å²) in [7, 11) is 0. The molecule has 17 heavy (non-hydrogen) atoms. The summed E-state index contributed by atoms with van der Waals surface area (Å²) in [4.78, 5) is 11.3. The van der Waals surface area contributed by atoms with Crippen molar-refractivity contribution in [1.29, 1.82) is 0 Å². The van der Waals surface area contributed by atoms with Gasteiger partial charge in [-0.15, -0.1) is 0 Å². The van der Waals surface area contributed by atoms with Crippen molar-refractivity contribution in [1.82, 2.24) is 5.32 Å². The first kappa shape index (κ1) is 16.4. The lowest BCUT2D eigenvalue weighted by atomic mass is 10.1. The van der Waals surface area contributed by atoms with E-state index in [0.717, 1.165) is 6.42 Å².